The minimum atomic E-state index is -0.0822. The molecule has 0 unspecified atom stereocenters. The molecule has 2 rings (SSSR count). The van der Waals surface area contributed by atoms with Gasteiger partial charge in [0, 0.05) is 22.8 Å². The SMILES string of the molecule is CCNc1ncc(Br)cc1C(=O)NC1(C)CCCCC1. The highest BCUT2D eigenvalue weighted by atomic mass is 79.9. The molecule has 0 radical (unpaired) electrons. The smallest absolute Gasteiger partial charge is 0.255 e. The Morgan fingerprint density at radius 1 is 1.40 bits per heavy atom. The van der Waals surface area contributed by atoms with E-state index >= 15 is 0 Å². The highest BCUT2D eigenvalue weighted by molar-refractivity contribution is 9.10. The molecule has 2 N–H and O–H groups in total. The predicted molar refractivity (Wildman–Crippen MR) is 85.1 cm³/mol. The van der Waals surface area contributed by atoms with E-state index < -0.39 is 0 Å². The van der Waals surface area contributed by atoms with E-state index in [4.69, 9.17) is 0 Å². The molecule has 0 spiro atoms. The van der Waals surface area contributed by atoms with Crippen LogP contribution < -0.4 is 10.6 Å². The number of hydrogen-bond acceptors (Lipinski definition) is 3. The second-order valence-electron chi connectivity index (χ2n) is 5.66. The summed E-state index contributed by atoms with van der Waals surface area (Å²) in [6.45, 7) is 4.88. The number of pyridine rings is 1. The van der Waals surface area contributed by atoms with E-state index in [1.807, 2.05) is 13.0 Å². The van der Waals surface area contributed by atoms with Crippen molar-refractivity contribution in [1.82, 2.24) is 10.3 Å². The third-order valence-corrected chi connectivity index (χ3v) is 4.25. The average molecular weight is 340 g/mol. The summed E-state index contributed by atoms with van der Waals surface area (Å²) in [6.07, 6.45) is 7.46. The summed E-state index contributed by atoms with van der Waals surface area (Å²) >= 11 is 3.38. The molecule has 0 aliphatic heterocycles. The van der Waals surface area contributed by atoms with Crippen LogP contribution in [0.4, 0.5) is 5.82 Å². The number of nitrogens with zero attached hydrogens (tertiary/aromatic N) is 1. The summed E-state index contributed by atoms with van der Waals surface area (Å²) in [5.41, 5.74) is 0.522. The summed E-state index contributed by atoms with van der Waals surface area (Å²) in [6, 6.07) is 1.83. The van der Waals surface area contributed by atoms with E-state index in [1.54, 1.807) is 6.20 Å². The molecule has 0 saturated heterocycles. The first-order chi connectivity index (χ1) is 9.54. The van der Waals surface area contributed by atoms with Crippen molar-refractivity contribution in [3.63, 3.8) is 0 Å². The Hall–Kier alpha value is -1.10. The van der Waals surface area contributed by atoms with Crippen LogP contribution >= 0.6 is 15.9 Å². The van der Waals surface area contributed by atoms with Gasteiger partial charge < -0.3 is 10.6 Å². The van der Waals surface area contributed by atoms with Gasteiger partial charge in [-0.1, -0.05) is 19.3 Å². The van der Waals surface area contributed by atoms with Crippen LogP contribution in [0.1, 0.15) is 56.3 Å². The minimum absolute atomic E-state index is 0.0425. The largest absolute Gasteiger partial charge is 0.370 e. The Balaban J connectivity index is 2.17. The highest BCUT2D eigenvalue weighted by Gasteiger charge is 2.29. The molecule has 1 heterocycles. The van der Waals surface area contributed by atoms with Gasteiger partial charge in [0.05, 0.1) is 5.56 Å². The summed E-state index contributed by atoms with van der Waals surface area (Å²) in [5, 5.41) is 6.34. The number of carbonyl (C=O) groups is 1. The maximum atomic E-state index is 12.6. The van der Waals surface area contributed by atoms with E-state index in [1.165, 1.54) is 19.3 Å². The number of aromatic nitrogens is 1. The van der Waals surface area contributed by atoms with Gasteiger partial charge in [-0.2, -0.15) is 0 Å². The van der Waals surface area contributed by atoms with Crippen LogP contribution in [0.25, 0.3) is 0 Å². The van der Waals surface area contributed by atoms with Crippen LogP contribution in [-0.4, -0.2) is 23.0 Å². The molecule has 0 aromatic carbocycles. The average Bonchev–Trinajstić information content (AvgIpc) is 2.41. The van der Waals surface area contributed by atoms with Crippen molar-refractivity contribution in [3.8, 4) is 0 Å². The summed E-state index contributed by atoms with van der Waals surface area (Å²) in [4.78, 5) is 16.8. The van der Waals surface area contributed by atoms with Crippen LogP contribution in [0.5, 0.6) is 0 Å². The Bertz CT molecular complexity index is 484. The van der Waals surface area contributed by atoms with E-state index in [0.29, 0.717) is 11.4 Å². The summed E-state index contributed by atoms with van der Waals surface area (Å²) in [5.74, 6) is 0.603. The molecule has 5 heteroatoms. The lowest BCUT2D eigenvalue weighted by Crippen LogP contribution is -2.47. The molecule has 110 valence electrons. The Morgan fingerprint density at radius 3 is 2.75 bits per heavy atom. The minimum Gasteiger partial charge on any atom is -0.370 e. The summed E-state index contributed by atoms with van der Waals surface area (Å²) in [7, 11) is 0. The lowest BCUT2D eigenvalue weighted by Gasteiger charge is -2.34. The predicted octanol–water partition coefficient (Wildman–Crippen LogP) is 3.73. The van der Waals surface area contributed by atoms with Crippen molar-refractivity contribution in [3.05, 3.63) is 22.3 Å². The molecule has 0 atom stereocenters. The second kappa shape index (κ2) is 6.57. The first-order valence-corrected chi connectivity index (χ1v) is 8.05. The van der Waals surface area contributed by atoms with Gasteiger partial charge >= 0.3 is 0 Å². The maximum absolute atomic E-state index is 12.6. The van der Waals surface area contributed by atoms with Gasteiger partial charge in [0.1, 0.15) is 5.82 Å². The Labute approximate surface area is 128 Å². The highest BCUT2D eigenvalue weighted by Crippen LogP contribution is 2.28. The number of halogens is 1. The van der Waals surface area contributed by atoms with Gasteiger partial charge in [-0.15, -0.1) is 0 Å². The number of anilines is 1. The molecular formula is C15H22BrN3O. The van der Waals surface area contributed by atoms with E-state index in [0.717, 1.165) is 23.9 Å². The zero-order valence-corrected chi connectivity index (χ0v) is 13.7. The molecular weight excluding hydrogens is 318 g/mol. The molecule has 1 aromatic rings. The van der Waals surface area contributed by atoms with Crippen LogP contribution in [0.3, 0.4) is 0 Å². The molecule has 4 nitrogen and oxygen atoms in total. The van der Waals surface area contributed by atoms with Crippen LogP contribution in [0.15, 0.2) is 16.7 Å². The standard InChI is InChI=1S/C15H22BrN3O/c1-3-17-13-12(9-11(16)10-18-13)14(20)19-15(2)7-5-4-6-8-15/h9-10H,3-8H2,1-2H3,(H,17,18)(H,19,20). The third kappa shape index (κ3) is 3.72. The Morgan fingerprint density at radius 2 is 2.10 bits per heavy atom. The van der Waals surface area contributed by atoms with Crippen molar-refractivity contribution in [2.45, 2.75) is 51.5 Å². The molecule has 1 saturated carbocycles. The quantitative estimate of drug-likeness (QED) is 0.878. The summed E-state index contributed by atoms with van der Waals surface area (Å²) < 4.78 is 0.818. The van der Waals surface area contributed by atoms with Crippen LogP contribution in [0, 0.1) is 0 Å². The maximum Gasteiger partial charge on any atom is 0.255 e. The fourth-order valence-corrected chi connectivity index (χ4v) is 3.05. The first-order valence-electron chi connectivity index (χ1n) is 7.26. The first kappa shape index (κ1) is 15.3. The van der Waals surface area contributed by atoms with E-state index in [9.17, 15) is 4.79 Å². The van der Waals surface area contributed by atoms with Crippen LogP contribution in [-0.2, 0) is 0 Å². The lowest BCUT2D eigenvalue weighted by molar-refractivity contribution is 0.0883. The van der Waals surface area contributed by atoms with Gasteiger partial charge in [0.15, 0.2) is 0 Å². The lowest BCUT2D eigenvalue weighted by atomic mass is 9.83. The molecule has 0 bridgehead atoms. The zero-order valence-electron chi connectivity index (χ0n) is 12.1. The van der Waals surface area contributed by atoms with Gasteiger partial charge in [0.2, 0.25) is 0 Å². The zero-order chi connectivity index (χ0) is 14.6. The number of rotatable bonds is 4. The van der Waals surface area contributed by atoms with Gasteiger partial charge in [-0.05, 0) is 48.7 Å². The third-order valence-electron chi connectivity index (χ3n) is 3.82. The molecule has 1 fully saturated rings. The van der Waals surface area contributed by atoms with Crippen molar-refractivity contribution >= 4 is 27.7 Å². The van der Waals surface area contributed by atoms with E-state index in [2.05, 4.69) is 38.5 Å². The monoisotopic (exact) mass is 339 g/mol. The molecule has 1 amide bonds. The topological polar surface area (TPSA) is 54.0 Å². The molecule has 1 aliphatic carbocycles. The van der Waals surface area contributed by atoms with E-state index in [-0.39, 0.29) is 11.4 Å². The number of carbonyl (C=O) groups excluding carboxylic acids is 1. The van der Waals surface area contributed by atoms with Crippen molar-refractivity contribution in [2.75, 3.05) is 11.9 Å². The second-order valence-corrected chi connectivity index (χ2v) is 6.57. The van der Waals surface area contributed by atoms with Crippen LogP contribution in [0.2, 0.25) is 0 Å². The van der Waals surface area contributed by atoms with Gasteiger partial charge in [0.25, 0.3) is 5.91 Å². The fourth-order valence-electron chi connectivity index (χ4n) is 2.72. The van der Waals surface area contributed by atoms with Gasteiger partial charge in [-0.25, -0.2) is 4.98 Å². The van der Waals surface area contributed by atoms with Gasteiger partial charge in [-0.3, -0.25) is 4.79 Å². The number of hydrogen-bond donors (Lipinski definition) is 2. The molecule has 20 heavy (non-hydrogen) atoms. The number of nitrogens with one attached hydrogen (secondary N) is 2. The van der Waals surface area contributed by atoms with Crippen molar-refractivity contribution < 1.29 is 4.79 Å². The fraction of sp³-hybridized carbons (Fsp3) is 0.600. The molecule has 1 aromatic heterocycles. The van der Waals surface area contributed by atoms with Crippen molar-refractivity contribution in [1.29, 1.82) is 0 Å². The van der Waals surface area contributed by atoms with Crippen molar-refractivity contribution in [2.24, 2.45) is 0 Å². The Kier molecular flexibility index (Phi) is 5.02. The normalized spacial score (nSPS) is 17.6. The molecule has 1 aliphatic rings. The number of amides is 1.